The van der Waals surface area contributed by atoms with Gasteiger partial charge in [0.25, 0.3) is 17.7 Å². The fourth-order valence-electron chi connectivity index (χ4n) is 8.06. The van der Waals surface area contributed by atoms with Crippen molar-refractivity contribution in [2.75, 3.05) is 39.3 Å². The first-order valence-electron chi connectivity index (χ1n) is 22.9. The molecule has 0 saturated carbocycles. The van der Waals surface area contributed by atoms with Crippen LogP contribution in [-0.2, 0) is 52.7 Å². The zero-order valence-corrected chi connectivity index (χ0v) is 39.9. The molecule has 2 aliphatic heterocycles. The number of carboxylic acid groups (broad SMARTS) is 1. The lowest BCUT2D eigenvalue weighted by molar-refractivity contribution is -0.167. The lowest BCUT2D eigenvalue weighted by Crippen LogP contribution is -2.75. The number of nitrogens with two attached hydrogens (primary N) is 3. The van der Waals surface area contributed by atoms with E-state index in [1.54, 1.807) is 0 Å². The van der Waals surface area contributed by atoms with Crippen LogP contribution in [-0.4, -0.2) is 198 Å². The van der Waals surface area contributed by atoms with Gasteiger partial charge >= 0.3 is 5.97 Å². The summed E-state index contributed by atoms with van der Waals surface area (Å²) in [4.78, 5) is 153. The summed E-state index contributed by atoms with van der Waals surface area (Å²) < 4.78 is 0. The number of aliphatic imine (C=N–C) groups is 1. The van der Waals surface area contributed by atoms with Crippen molar-refractivity contribution in [3.8, 4) is 0 Å². The number of carbonyl (C=O) groups is 11. The third-order valence-electron chi connectivity index (χ3n) is 11.2. The molecule has 12 N–H and O–H groups in total. The zero-order chi connectivity index (χ0) is 51.2. The molecular weight excluding hydrogens is 891 g/mol. The molecule has 68 heavy (non-hydrogen) atoms. The molecule has 25 nitrogen and oxygen atoms in total. The van der Waals surface area contributed by atoms with Crippen molar-refractivity contribution in [3.05, 3.63) is 0 Å². The monoisotopic (exact) mass is 964 g/mol. The molecule has 0 aliphatic carbocycles. The summed E-state index contributed by atoms with van der Waals surface area (Å²) in [6.45, 7) is 9.45. The quantitative estimate of drug-likeness (QED) is 0.0130. The van der Waals surface area contributed by atoms with Crippen molar-refractivity contribution < 1.29 is 57.8 Å². The van der Waals surface area contributed by atoms with Crippen molar-refractivity contribution in [2.45, 2.75) is 141 Å². The highest BCUT2D eigenvalue weighted by molar-refractivity contribution is 5.96. The highest BCUT2D eigenvalue weighted by Gasteiger charge is 2.49. The molecule has 2 aliphatic rings. The fraction of sp³-hybridized carbons (Fsp3) is 0.721. The van der Waals surface area contributed by atoms with Gasteiger partial charge in [0.2, 0.25) is 5.91 Å². The Balaban J connectivity index is 2.79. The predicted molar refractivity (Wildman–Crippen MR) is 246 cm³/mol. The molecule has 2 rings (SSSR count). The van der Waals surface area contributed by atoms with Gasteiger partial charge < -0.3 is 65.9 Å². The minimum absolute atomic E-state index is 0.0411. The summed E-state index contributed by atoms with van der Waals surface area (Å²) in [6, 6.07) is -6.75. The number of guanidine groups is 1. The van der Waals surface area contributed by atoms with E-state index in [1.807, 2.05) is 41.5 Å². The molecule has 0 unspecified atom stereocenters. The first-order chi connectivity index (χ1) is 32.2. The summed E-state index contributed by atoms with van der Waals surface area (Å²) in [7, 11) is 0. The first kappa shape index (κ1) is 58.5. The number of amides is 4. The van der Waals surface area contributed by atoms with E-state index in [0.29, 0.717) is 44.1 Å². The van der Waals surface area contributed by atoms with Gasteiger partial charge in [0.15, 0.2) is 30.7 Å². The molecule has 2 saturated heterocycles. The number of carbonyl (C=O) groups excluding carboxylic acids is 10. The third kappa shape index (κ3) is 17.8. The average molecular weight is 964 g/mol. The molecule has 0 bridgehead atoms. The molecule has 0 aromatic heterocycles. The molecule has 382 valence electrons. The van der Waals surface area contributed by atoms with Crippen molar-refractivity contribution in [1.29, 1.82) is 0 Å². The maximum atomic E-state index is 15.3. The Kier molecular flexibility index (Phi) is 25.2. The van der Waals surface area contributed by atoms with Crippen molar-refractivity contribution >= 4 is 73.3 Å². The second kappa shape index (κ2) is 29.3. The van der Waals surface area contributed by atoms with Gasteiger partial charge in [-0.15, -0.1) is 0 Å². The zero-order valence-electron chi connectivity index (χ0n) is 39.9. The average Bonchev–Trinajstić information content (AvgIpc) is 3.28. The number of nitrogens with zero attached hydrogens (tertiary/aromatic N) is 5. The van der Waals surface area contributed by atoms with E-state index in [4.69, 9.17) is 17.2 Å². The molecule has 2 heterocycles. The third-order valence-corrected chi connectivity index (χ3v) is 11.2. The molecule has 25 heteroatoms. The van der Waals surface area contributed by atoms with Crippen LogP contribution in [0.3, 0.4) is 0 Å². The Labute approximate surface area is 396 Å². The van der Waals surface area contributed by atoms with Crippen LogP contribution in [0.4, 0.5) is 0 Å². The van der Waals surface area contributed by atoms with E-state index in [9.17, 15) is 48.3 Å². The number of aliphatic carboxylic acids is 1. The van der Waals surface area contributed by atoms with Gasteiger partial charge in [0.05, 0.1) is 42.7 Å². The van der Waals surface area contributed by atoms with E-state index in [2.05, 4.69) is 31.6 Å². The topological polar surface area (TPSA) is 372 Å². The van der Waals surface area contributed by atoms with Crippen LogP contribution < -0.4 is 43.8 Å². The highest BCUT2D eigenvalue weighted by Crippen LogP contribution is 2.22. The van der Waals surface area contributed by atoms with Crippen LogP contribution in [0.2, 0.25) is 0 Å². The number of hydrogen-bond donors (Lipinski definition) is 9. The van der Waals surface area contributed by atoms with Crippen LogP contribution in [0.25, 0.3) is 0 Å². The molecule has 10 atom stereocenters. The number of nitrogens with one attached hydrogen (secondary N) is 5. The lowest BCUT2D eigenvalue weighted by Gasteiger charge is -2.48. The number of hydrogen-bond acceptors (Lipinski definition) is 18. The van der Waals surface area contributed by atoms with Crippen LogP contribution in [0.5, 0.6) is 0 Å². The van der Waals surface area contributed by atoms with Gasteiger partial charge in [-0.05, 0) is 49.9 Å². The second-order valence-corrected chi connectivity index (χ2v) is 18.2. The SMILES string of the molecule is CC(C)C[C@@H](C=O)N[C@@H](C=O)N1CCN(C(=O)[C@H](N[C@H](C=O)CC(C)C)N2CCN(C(=O)[C@@H](CN)N[C@H](C=O)CC(=O)O)[C@@H](N[C@H](C=O)CCCN=C(N)N)C2=O)[C@@H](N[C@H](C=O)CC(C)C)C1=O. The minimum Gasteiger partial charge on any atom is -0.481 e. The summed E-state index contributed by atoms with van der Waals surface area (Å²) in [6.07, 6.45) is -3.06. The normalized spacial score (nSPS) is 20.2. The summed E-state index contributed by atoms with van der Waals surface area (Å²) >= 11 is 0. The maximum absolute atomic E-state index is 15.3. The molecule has 0 aromatic rings. The molecule has 0 spiro atoms. The number of piperazine rings is 2. The highest BCUT2D eigenvalue weighted by atomic mass is 16.4. The van der Waals surface area contributed by atoms with E-state index in [1.165, 1.54) is 0 Å². The number of rotatable bonds is 33. The number of aldehydes is 6. The van der Waals surface area contributed by atoms with Crippen molar-refractivity contribution in [3.63, 3.8) is 0 Å². The fourth-order valence-corrected chi connectivity index (χ4v) is 8.06. The maximum Gasteiger partial charge on any atom is 0.305 e. The number of carboxylic acids is 1. The summed E-state index contributed by atoms with van der Waals surface area (Å²) in [5.41, 5.74) is 16.8. The summed E-state index contributed by atoms with van der Waals surface area (Å²) in [5, 5.41) is 23.7. The van der Waals surface area contributed by atoms with Crippen LogP contribution in [0.15, 0.2) is 4.99 Å². The Morgan fingerprint density at radius 1 is 0.647 bits per heavy atom. The van der Waals surface area contributed by atoms with Gasteiger partial charge in [-0.3, -0.25) is 60.3 Å². The Morgan fingerprint density at radius 2 is 1.12 bits per heavy atom. The van der Waals surface area contributed by atoms with Crippen LogP contribution in [0, 0.1) is 17.8 Å². The van der Waals surface area contributed by atoms with Crippen molar-refractivity contribution in [2.24, 2.45) is 39.9 Å². The summed E-state index contributed by atoms with van der Waals surface area (Å²) in [5.74, 6) is -5.23. The van der Waals surface area contributed by atoms with Gasteiger partial charge in [0, 0.05) is 39.3 Å². The van der Waals surface area contributed by atoms with Gasteiger partial charge in [-0.1, -0.05) is 41.5 Å². The van der Waals surface area contributed by atoms with Gasteiger partial charge in [-0.25, -0.2) is 0 Å². The molecule has 0 aromatic carbocycles. The standard InChI is InChI=1S/C43H73N13O12/c1-25(2)14-29(20-58)49-34(24-62)53-10-11-55(36(40(53)66)51-30(21-59)15-26(3)4)42(68)38(52-31(22-60)16-27(5)6)56-13-12-54(39(65)33(18-44)48-32(23-61)17-35(63)64)37(41(56)67)50-28(19-57)8-7-9-47-43(45)46/h19-34,36-38,48-52H,7-18,44H2,1-6H3,(H,63,64)(H4,45,46,47)/t28-,29-,30-,31-,32-,33+,34+,36+,37+,38+/m0/s1. The predicted octanol–water partition coefficient (Wildman–Crippen LogP) is -4.39. The molecular formula is C43H73N13O12. The van der Waals surface area contributed by atoms with Gasteiger partial charge in [0.1, 0.15) is 37.6 Å². The van der Waals surface area contributed by atoms with E-state index in [-0.39, 0.29) is 75.6 Å². The Bertz CT molecular complexity index is 1770. The minimum atomic E-state index is -1.73. The second-order valence-electron chi connectivity index (χ2n) is 18.2. The lowest BCUT2D eigenvalue weighted by atomic mass is 10.0. The Hall–Kier alpha value is -5.60. The van der Waals surface area contributed by atoms with Crippen molar-refractivity contribution in [1.82, 2.24) is 46.2 Å². The van der Waals surface area contributed by atoms with Crippen LogP contribution in [0.1, 0.15) is 80.1 Å². The molecule has 4 amide bonds. The van der Waals surface area contributed by atoms with Crippen LogP contribution >= 0.6 is 0 Å². The Morgan fingerprint density at radius 3 is 1.59 bits per heavy atom. The van der Waals surface area contributed by atoms with E-state index in [0.717, 1.165) is 19.6 Å². The molecule has 0 radical (unpaired) electrons. The van der Waals surface area contributed by atoms with E-state index < -0.39 is 110 Å². The smallest absolute Gasteiger partial charge is 0.305 e. The molecule has 2 fully saturated rings. The first-order valence-corrected chi connectivity index (χ1v) is 22.9. The largest absolute Gasteiger partial charge is 0.481 e. The van der Waals surface area contributed by atoms with E-state index >= 15 is 9.59 Å². The van der Waals surface area contributed by atoms with Gasteiger partial charge in [-0.2, -0.15) is 0 Å².